The molecule has 2 nitrogen and oxygen atoms in total. The molecule has 0 aliphatic carbocycles. The van der Waals surface area contributed by atoms with Crippen molar-refractivity contribution >= 4 is 21.6 Å². The average molecular weight is 305 g/mol. The summed E-state index contributed by atoms with van der Waals surface area (Å²) in [6.45, 7) is 0. The first kappa shape index (κ1) is 13.1. The highest BCUT2D eigenvalue weighted by molar-refractivity contribution is 9.08. The van der Waals surface area contributed by atoms with Gasteiger partial charge in [-0.1, -0.05) is 15.9 Å². The Bertz CT molecular complexity index is 391. The number of pyridine rings is 1. The van der Waals surface area contributed by atoms with Crippen LogP contribution in [0, 0.1) is 0 Å². The Morgan fingerprint density at radius 2 is 1.94 bits per heavy atom. The molecule has 8 heteroatoms. The molecule has 0 fully saturated rings. The molecular formula is C8H6BrF5N2. The molecule has 1 heterocycles. The van der Waals surface area contributed by atoms with E-state index in [2.05, 4.69) is 20.9 Å². The van der Waals surface area contributed by atoms with E-state index in [4.69, 9.17) is 5.73 Å². The lowest BCUT2D eigenvalue weighted by molar-refractivity contribution is -0.141. The molecule has 2 N–H and O–H groups in total. The highest BCUT2D eigenvalue weighted by Gasteiger charge is 2.37. The number of nitrogen functional groups attached to an aromatic ring is 1. The smallest absolute Gasteiger partial charge is 0.397 e. The number of nitrogens with zero attached hydrogens (tertiary/aromatic N) is 1. The lowest BCUT2D eigenvalue weighted by Crippen LogP contribution is -2.15. The summed E-state index contributed by atoms with van der Waals surface area (Å²) in [7, 11) is 0. The van der Waals surface area contributed by atoms with E-state index in [-0.39, 0.29) is 5.33 Å². The van der Waals surface area contributed by atoms with Gasteiger partial charge in [0.25, 0.3) is 6.43 Å². The normalized spacial score (nSPS) is 12.2. The first-order valence-corrected chi connectivity index (χ1v) is 5.09. The van der Waals surface area contributed by atoms with Gasteiger partial charge in [-0.05, 0) is 0 Å². The van der Waals surface area contributed by atoms with Crippen molar-refractivity contribution in [2.45, 2.75) is 17.9 Å². The number of hydrogen-bond acceptors (Lipinski definition) is 2. The van der Waals surface area contributed by atoms with E-state index in [1.807, 2.05) is 0 Å². The van der Waals surface area contributed by atoms with Crippen LogP contribution in [-0.4, -0.2) is 4.98 Å². The summed E-state index contributed by atoms with van der Waals surface area (Å²) in [5.41, 5.74) is 1.95. The number of aromatic nitrogens is 1. The number of hydrogen-bond donors (Lipinski definition) is 1. The molecule has 0 unspecified atom stereocenters. The Kier molecular flexibility index (Phi) is 3.72. The molecule has 0 atom stereocenters. The van der Waals surface area contributed by atoms with Crippen LogP contribution >= 0.6 is 15.9 Å². The predicted octanol–water partition coefficient (Wildman–Crippen LogP) is 3.52. The van der Waals surface area contributed by atoms with E-state index in [1.165, 1.54) is 0 Å². The van der Waals surface area contributed by atoms with E-state index < -0.39 is 35.1 Å². The summed E-state index contributed by atoms with van der Waals surface area (Å²) in [6, 6.07) is 0. The van der Waals surface area contributed by atoms with Gasteiger partial charge in [0.05, 0.1) is 11.9 Å². The zero-order valence-electron chi connectivity index (χ0n) is 7.65. The zero-order chi connectivity index (χ0) is 12.5. The van der Waals surface area contributed by atoms with E-state index in [0.29, 0.717) is 6.20 Å². The monoisotopic (exact) mass is 304 g/mol. The van der Waals surface area contributed by atoms with Crippen molar-refractivity contribution in [1.82, 2.24) is 4.98 Å². The summed E-state index contributed by atoms with van der Waals surface area (Å²) in [5.74, 6) is 0. The van der Waals surface area contributed by atoms with Crippen molar-refractivity contribution in [3.63, 3.8) is 0 Å². The van der Waals surface area contributed by atoms with Gasteiger partial charge in [0.1, 0.15) is 5.69 Å². The Labute approximate surface area is 95.8 Å². The van der Waals surface area contributed by atoms with Crippen LogP contribution in [-0.2, 0) is 11.5 Å². The molecule has 0 spiro atoms. The number of rotatable bonds is 2. The van der Waals surface area contributed by atoms with E-state index in [9.17, 15) is 22.0 Å². The molecule has 0 radical (unpaired) electrons. The first-order chi connectivity index (χ1) is 7.29. The van der Waals surface area contributed by atoms with Gasteiger partial charge in [-0.2, -0.15) is 13.2 Å². The lowest BCUT2D eigenvalue weighted by Gasteiger charge is -2.15. The molecule has 1 rings (SSSR count). The van der Waals surface area contributed by atoms with E-state index in [1.54, 1.807) is 0 Å². The van der Waals surface area contributed by atoms with Crippen LogP contribution in [0.5, 0.6) is 0 Å². The molecule has 0 aliphatic rings. The Morgan fingerprint density at radius 1 is 1.38 bits per heavy atom. The van der Waals surface area contributed by atoms with Gasteiger partial charge in [0.2, 0.25) is 0 Å². The van der Waals surface area contributed by atoms with Crippen LogP contribution in [0.15, 0.2) is 6.20 Å². The largest absolute Gasteiger partial charge is 0.433 e. The van der Waals surface area contributed by atoms with Gasteiger partial charge in [-0.3, -0.25) is 0 Å². The summed E-state index contributed by atoms with van der Waals surface area (Å²) in [4.78, 5) is 3.05. The second-order valence-electron chi connectivity index (χ2n) is 2.89. The fourth-order valence-corrected chi connectivity index (χ4v) is 1.79. The Morgan fingerprint density at radius 3 is 2.31 bits per heavy atom. The minimum absolute atomic E-state index is 0.389. The Balaban J connectivity index is 3.49. The van der Waals surface area contributed by atoms with E-state index in [0.717, 1.165) is 0 Å². The minimum atomic E-state index is -4.78. The van der Waals surface area contributed by atoms with Crippen molar-refractivity contribution in [3.8, 4) is 0 Å². The van der Waals surface area contributed by atoms with Crippen LogP contribution in [0.4, 0.5) is 27.6 Å². The molecule has 90 valence electrons. The highest BCUT2D eigenvalue weighted by atomic mass is 79.9. The Hall–Kier alpha value is -0.920. The van der Waals surface area contributed by atoms with Crippen molar-refractivity contribution in [3.05, 3.63) is 23.0 Å². The highest BCUT2D eigenvalue weighted by Crippen LogP contribution is 2.38. The summed E-state index contributed by atoms with van der Waals surface area (Å²) >= 11 is 2.73. The molecule has 0 amide bonds. The van der Waals surface area contributed by atoms with Crippen LogP contribution in [0.2, 0.25) is 0 Å². The maximum atomic E-state index is 12.5. The molecule has 1 aromatic heterocycles. The van der Waals surface area contributed by atoms with Crippen LogP contribution in [0.1, 0.15) is 23.2 Å². The predicted molar refractivity (Wildman–Crippen MR) is 51.2 cm³/mol. The van der Waals surface area contributed by atoms with Gasteiger partial charge in [-0.25, -0.2) is 13.8 Å². The van der Waals surface area contributed by atoms with Gasteiger partial charge >= 0.3 is 6.18 Å². The number of alkyl halides is 6. The number of nitrogens with two attached hydrogens (primary N) is 1. The standard InChI is InChI=1S/C8H6BrF5N2/c9-1-3-5(7(10)11)4(15)2-16-6(3)8(12,13)14/h2,7H,1,15H2. The zero-order valence-corrected chi connectivity index (χ0v) is 9.24. The molecule has 0 bridgehead atoms. The average Bonchev–Trinajstić information content (AvgIpc) is 2.14. The molecular weight excluding hydrogens is 299 g/mol. The third-order valence-electron chi connectivity index (χ3n) is 1.88. The fraction of sp³-hybridized carbons (Fsp3) is 0.375. The molecule has 0 aliphatic heterocycles. The third kappa shape index (κ3) is 2.42. The summed E-state index contributed by atoms with van der Waals surface area (Å²) in [5, 5.41) is -0.389. The van der Waals surface area contributed by atoms with E-state index >= 15 is 0 Å². The minimum Gasteiger partial charge on any atom is -0.397 e. The second kappa shape index (κ2) is 4.52. The van der Waals surface area contributed by atoms with Crippen molar-refractivity contribution in [1.29, 1.82) is 0 Å². The van der Waals surface area contributed by atoms with Gasteiger partial charge < -0.3 is 5.73 Å². The van der Waals surface area contributed by atoms with Gasteiger partial charge in [-0.15, -0.1) is 0 Å². The van der Waals surface area contributed by atoms with Crippen LogP contribution < -0.4 is 5.73 Å². The maximum absolute atomic E-state index is 12.5. The van der Waals surface area contributed by atoms with Crippen molar-refractivity contribution in [2.75, 3.05) is 5.73 Å². The van der Waals surface area contributed by atoms with Crippen LogP contribution in [0.25, 0.3) is 0 Å². The molecule has 0 aromatic carbocycles. The van der Waals surface area contributed by atoms with Gasteiger partial charge in [0.15, 0.2) is 0 Å². The third-order valence-corrected chi connectivity index (χ3v) is 2.44. The molecule has 0 saturated heterocycles. The first-order valence-electron chi connectivity index (χ1n) is 3.97. The van der Waals surface area contributed by atoms with Crippen molar-refractivity contribution in [2.24, 2.45) is 0 Å². The topological polar surface area (TPSA) is 38.9 Å². The lowest BCUT2D eigenvalue weighted by atomic mass is 10.1. The molecule has 1 aromatic rings. The fourth-order valence-electron chi connectivity index (χ4n) is 1.22. The number of halogens is 6. The summed E-state index contributed by atoms with van der Waals surface area (Å²) < 4.78 is 62.4. The quantitative estimate of drug-likeness (QED) is 0.671. The van der Waals surface area contributed by atoms with Gasteiger partial charge in [0, 0.05) is 16.5 Å². The van der Waals surface area contributed by atoms with Crippen LogP contribution in [0.3, 0.4) is 0 Å². The van der Waals surface area contributed by atoms with Crippen molar-refractivity contribution < 1.29 is 22.0 Å². The molecule has 16 heavy (non-hydrogen) atoms. The molecule has 0 saturated carbocycles. The second-order valence-corrected chi connectivity index (χ2v) is 3.45. The summed E-state index contributed by atoms with van der Waals surface area (Å²) in [6.07, 6.45) is -7.26. The number of anilines is 1. The SMILES string of the molecule is Nc1cnc(C(F)(F)F)c(CBr)c1C(F)F. The maximum Gasteiger partial charge on any atom is 0.433 e.